The topological polar surface area (TPSA) is 47.1 Å². The highest BCUT2D eigenvalue weighted by Crippen LogP contribution is 2.48. The molecule has 248 valence electrons. The second-order valence-electron chi connectivity index (χ2n) is 13.4. The highest BCUT2D eigenvalue weighted by molar-refractivity contribution is 6.24. The SMILES string of the molecule is c1ccc(-c2cc(-n3c4c(N(c5cccc6ccccc56)c5cccc6ccccc56)cccc4c4ccc5c6ccccc6oc5c43)ncn2)cc1. The zero-order valence-corrected chi connectivity index (χ0v) is 28.5. The van der Waals surface area contributed by atoms with Crippen molar-refractivity contribution in [3.05, 3.63) is 182 Å². The fourth-order valence-electron chi connectivity index (χ4n) is 8.15. The Morgan fingerprint density at radius 1 is 0.434 bits per heavy atom. The van der Waals surface area contributed by atoms with Crippen LogP contribution >= 0.6 is 0 Å². The van der Waals surface area contributed by atoms with E-state index in [4.69, 9.17) is 14.4 Å². The Kier molecular flexibility index (Phi) is 6.48. The number of benzene rings is 8. The minimum atomic E-state index is 0.759. The molecular weight excluding hydrogens is 649 g/mol. The average molecular weight is 679 g/mol. The molecule has 3 aromatic heterocycles. The molecule has 8 aromatic carbocycles. The lowest BCUT2D eigenvalue weighted by molar-refractivity contribution is 0.671. The molecule has 5 nitrogen and oxygen atoms in total. The molecule has 0 atom stereocenters. The van der Waals surface area contributed by atoms with Crippen LogP contribution in [-0.2, 0) is 0 Å². The Hall–Kier alpha value is -7.24. The molecule has 0 amide bonds. The number of para-hydroxylation sites is 2. The molecule has 0 saturated carbocycles. The van der Waals surface area contributed by atoms with Crippen LogP contribution in [0.25, 0.3) is 82.4 Å². The maximum Gasteiger partial charge on any atom is 0.160 e. The molecule has 3 heterocycles. The molecule has 0 N–H and O–H groups in total. The van der Waals surface area contributed by atoms with E-state index in [-0.39, 0.29) is 0 Å². The van der Waals surface area contributed by atoms with E-state index in [1.807, 2.05) is 30.3 Å². The zero-order chi connectivity index (χ0) is 34.9. The number of nitrogens with zero attached hydrogens (tertiary/aromatic N) is 4. The summed E-state index contributed by atoms with van der Waals surface area (Å²) in [5.41, 5.74) is 8.74. The monoisotopic (exact) mass is 678 g/mol. The Balaban J connectivity index is 1.32. The summed E-state index contributed by atoms with van der Waals surface area (Å²) in [6.07, 6.45) is 1.67. The first-order chi connectivity index (χ1) is 26.3. The van der Waals surface area contributed by atoms with E-state index in [2.05, 4.69) is 155 Å². The van der Waals surface area contributed by atoms with Crippen LogP contribution in [0.1, 0.15) is 0 Å². The van der Waals surface area contributed by atoms with Gasteiger partial charge in [0.1, 0.15) is 17.7 Å². The molecule has 0 fully saturated rings. The maximum atomic E-state index is 6.78. The number of rotatable bonds is 5. The van der Waals surface area contributed by atoms with Gasteiger partial charge in [-0.05, 0) is 41.1 Å². The largest absolute Gasteiger partial charge is 0.454 e. The lowest BCUT2D eigenvalue weighted by Gasteiger charge is -2.29. The first kappa shape index (κ1) is 29.5. The summed E-state index contributed by atoms with van der Waals surface area (Å²) in [7, 11) is 0. The van der Waals surface area contributed by atoms with Gasteiger partial charge in [-0.1, -0.05) is 140 Å². The van der Waals surface area contributed by atoms with Crippen molar-refractivity contribution < 1.29 is 4.42 Å². The van der Waals surface area contributed by atoms with E-state index in [1.54, 1.807) is 6.33 Å². The van der Waals surface area contributed by atoms with E-state index in [1.165, 1.54) is 10.8 Å². The van der Waals surface area contributed by atoms with E-state index in [0.717, 1.165) is 88.7 Å². The summed E-state index contributed by atoms with van der Waals surface area (Å²) >= 11 is 0. The van der Waals surface area contributed by atoms with Gasteiger partial charge in [0.15, 0.2) is 5.58 Å². The number of furan rings is 1. The van der Waals surface area contributed by atoms with Crippen LogP contribution in [0.15, 0.2) is 187 Å². The maximum absolute atomic E-state index is 6.78. The zero-order valence-electron chi connectivity index (χ0n) is 28.5. The number of aromatic nitrogens is 3. The summed E-state index contributed by atoms with van der Waals surface area (Å²) in [6, 6.07) is 62.1. The fraction of sp³-hybridized carbons (Fsp3) is 0. The van der Waals surface area contributed by atoms with Gasteiger partial charge in [-0.25, -0.2) is 9.97 Å². The van der Waals surface area contributed by atoms with Crippen molar-refractivity contribution in [1.29, 1.82) is 0 Å². The average Bonchev–Trinajstić information content (AvgIpc) is 3.78. The Morgan fingerprint density at radius 3 is 1.75 bits per heavy atom. The van der Waals surface area contributed by atoms with Gasteiger partial charge >= 0.3 is 0 Å². The molecule has 11 aromatic rings. The van der Waals surface area contributed by atoms with Crippen LogP contribution in [-0.4, -0.2) is 14.5 Å². The molecule has 0 saturated heterocycles. The summed E-state index contributed by atoms with van der Waals surface area (Å²) in [4.78, 5) is 12.2. The summed E-state index contributed by atoms with van der Waals surface area (Å²) in [5.74, 6) is 0.759. The van der Waals surface area contributed by atoms with E-state index in [9.17, 15) is 0 Å². The molecule has 0 aliphatic carbocycles. The van der Waals surface area contributed by atoms with Gasteiger partial charge in [0, 0.05) is 43.9 Å². The molecule has 0 aliphatic rings. The molecule has 0 bridgehead atoms. The third-order valence-electron chi connectivity index (χ3n) is 10.5. The Labute approximate surface area is 304 Å². The predicted octanol–water partition coefficient (Wildman–Crippen LogP) is 12.9. The molecular formula is C48H30N4O. The number of hydrogen-bond donors (Lipinski definition) is 0. The van der Waals surface area contributed by atoms with Gasteiger partial charge < -0.3 is 9.32 Å². The molecule has 0 aliphatic heterocycles. The van der Waals surface area contributed by atoms with Crippen molar-refractivity contribution in [2.45, 2.75) is 0 Å². The van der Waals surface area contributed by atoms with Crippen molar-refractivity contribution in [2.75, 3.05) is 4.90 Å². The first-order valence-corrected chi connectivity index (χ1v) is 17.8. The molecule has 0 unspecified atom stereocenters. The van der Waals surface area contributed by atoms with Crippen molar-refractivity contribution in [2.24, 2.45) is 0 Å². The quantitative estimate of drug-likeness (QED) is 0.182. The summed E-state index contributed by atoms with van der Waals surface area (Å²) in [5, 5.41) is 9.02. The van der Waals surface area contributed by atoms with E-state index < -0.39 is 0 Å². The first-order valence-electron chi connectivity index (χ1n) is 17.8. The normalized spacial score (nSPS) is 11.8. The Morgan fingerprint density at radius 2 is 1.00 bits per heavy atom. The van der Waals surface area contributed by atoms with Crippen LogP contribution in [0.3, 0.4) is 0 Å². The van der Waals surface area contributed by atoms with Crippen LogP contribution in [0.5, 0.6) is 0 Å². The van der Waals surface area contributed by atoms with Crippen LogP contribution in [0.4, 0.5) is 17.1 Å². The van der Waals surface area contributed by atoms with Gasteiger partial charge in [-0.2, -0.15) is 0 Å². The standard InChI is InChI=1S/C48H30N4O/c1-2-15-33(16-3-1)40-29-45(50-30-49-40)52-46-37(38-27-28-39-36-21-8-9-26-44(36)53-48(39)47(38)52)22-12-25-43(46)51(41-23-10-17-31-13-4-6-19-34(31)41)42-24-11-18-32-14-5-7-20-35(32)42/h1-30H. The van der Waals surface area contributed by atoms with Gasteiger partial charge in [0.05, 0.1) is 33.8 Å². The van der Waals surface area contributed by atoms with Crippen molar-refractivity contribution in [3.63, 3.8) is 0 Å². The van der Waals surface area contributed by atoms with E-state index in [0.29, 0.717) is 0 Å². The van der Waals surface area contributed by atoms with Crippen LogP contribution in [0.2, 0.25) is 0 Å². The smallest absolute Gasteiger partial charge is 0.160 e. The van der Waals surface area contributed by atoms with Gasteiger partial charge in [-0.15, -0.1) is 0 Å². The lowest BCUT2D eigenvalue weighted by Crippen LogP contribution is -2.13. The predicted molar refractivity (Wildman–Crippen MR) is 219 cm³/mol. The third kappa shape index (κ3) is 4.51. The molecule has 5 heteroatoms. The molecule has 0 spiro atoms. The number of hydrogen-bond acceptors (Lipinski definition) is 4. The van der Waals surface area contributed by atoms with Gasteiger partial charge in [0.25, 0.3) is 0 Å². The molecule has 53 heavy (non-hydrogen) atoms. The molecule has 11 rings (SSSR count). The second kappa shape index (κ2) is 11.7. The van der Waals surface area contributed by atoms with Crippen LogP contribution < -0.4 is 4.90 Å². The van der Waals surface area contributed by atoms with Crippen molar-refractivity contribution in [3.8, 4) is 17.1 Å². The summed E-state index contributed by atoms with van der Waals surface area (Å²) in [6.45, 7) is 0. The summed E-state index contributed by atoms with van der Waals surface area (Å²) < 4.78 is 9.07. The minimum Gasteiger partial charge on any atom is -0.454 e. The lowest BCUT2D eigenvalue weighted by atomic mass is 10.0. The number of fused-ring (bicyclic) bond motifs is 9. The second-order valence-corrected chi connectivity index (χ2v) is 13.4. The highest BCUT2D eigenvalue weighted by Gasteiger charge is 2.26. The third-order valence-corrected chi connectivity index (χ3v) is 10.5. The minimum absolute atomic E-state index is 0.759. The van der Waals surface area contributed by atoms with Crippen molar-refractivity contribution in [1.82, 2.24) is 14.5 Å². The van der Waals surface area contributed by atoms with Crippen molar-refractivity contribution >= 4 is 82.4 Å². The highest BCUT2D eigenvalue weighted by atomic mass is 16.3. The van der Waals surface area contributed by atoms with Gasteiger partial charge in [-0.3, -0.25) is 4.57 Å². The Bertz CT molecular complexity index is 3110. The number of anilines is 3. The van der Waals surface area contributed by atoms with Crippen LogP contribution in [0, 0.1) is 0 Å². The molecule has 0 radical (unpaired) electrons. The van der Waals surface area contributed by atoms with Gasteiger partial charge in [0.2, 0.25) is 0 Å². The van der Waals surface area contributed by atoms with E-state index >= 15 is 0 Å². The fourth-order valence-corrected chi connectivity index (χ4v) is 8.15.